The van der Waals surface area contributed by atoms with E-state index in [9.17, 15) is 22.8 Å². The number of likely N-dealkylation sites (tertiary alicyclic amines) is 1. The van der Waals surface area contributed by atoms with E-state index in [1.165, 1.54) is 23.7 Å². The highest BCUT2D eigenvalue weighted by Gasteiger charge is 2.38. The Morgan fingerprint density at radius 3 is 2.64 bits per heavy atom. The third-order valence-electron chi connectivity index (χ3n) is 3.47. The standard InChI is InChI=1S/C15H15F3N2O5/c1-2-7-24-11-4-3-9(8-12(11)25-15(16,17)18)14(22)20-6-5-10(20)13(21)19-23/h2-4,8,10,23H,1,5-7H2,(H,19,21). The number of nitrogens with one attached hydrogen (secondary N) is 1. The van der Waals surface area contributed by atoms with Gasteiger partial charge in [0.15, 0.2) is 11.5 Å². The Kier molecular flexibility index (Phi) is 5.52. The van der Waals surface area contributed by atoms with Crippen LogP contribution < -0.4 is 15.0 Å². The number of halogens is 3. The van der Waals surface area contributed by atoms with Gasteiger partial charge in [0.2, 0.25) is 0 Å². The van der Waals surface area contributed by atoms with Gasteiger partial charge < -0.3 is 14.4 Å². The summed E-state index contributed by atoms with van der Waals surface area (Å²) in [4.78, 5) is 24.9. The van der Waals surface area contributed by atoms with Gasteiger partial charge >= 0.3 is 6.36 Å². The Hall–Kier alpha value is -2.75. The number of ether oxygens (including phenoxy) is 2. The van der Waals surface area contributed by atoms with E-state index >= 15 is 0 Å². The van der Waals surface area contributed by atoms with E-state index in [1.54, 1.807) is 0 Å². The molecule has 7 nitrogen and oxygen atoms in total. The van der Waals surface area contributed by atoms with Gasteiger partial charge in [-0.1, -0.05) is 12.7 Å². The molecule has 2 amide bonds. The van der Waals surface area contributed by atoms with Crippen molar-refractivity contribution in [2.24, 2.45) is 0 Å². The maximum Gasteiger partial charge on any atom is 0.573 e. The molecule has 0 bridgehead atoms. The first-order valence-electron chi connectivity index (χ1n) is 7.15. The molecule has 1 aliphatic heterocycles. The summed E-state index contributed by atoms with van der Waals surface area (Å²) < 4.78 is 46.6. The lowest BCUT2D eigenvalue weighted by atomic mass is 10.0. The Morgan fingerprint density at radius 2 is 2.12 bits per heavy atom. The van der Waals surface area contributed by atoms with Gasteiger partial charge in [0.1, 0.15) is 12.6 Å². The Labute approximate surface area is 140 Å². The quantitative estimate of drug-likeness (QED) is 0.459. The third-order valence-corrected chi connectivity index (χ3v) is 3.47. The van der Waals surface area contributed by atoms with E-state index in [-0.39, 0.29) is 24.5 Å². The van der Waals surface area contributed by atoms with Gasteiger partial charge in [-0.15, -0.1) is 13.2 Å². The first kappa shape index (κ1) is 18.6. The minimum absolute atomic E-state index is 0.0492. The molecule has 136 valence electrons. The van der Waals surface area contributed by atoms with E-state index in [0.717, 1.165) is 11.0 Å². The zero-order valence-corrected chi connectivity index (χ0v) is 12.9. The van der Waals surface area contributed by atoms with Crippen molar-refractivity contribution in [2.45, 2.75) is 18.8 Å². The summed E-state index contributed by atoms with van der Waals surface area (Å²) in [5.41, 5.74) is 1.33. The minimum Gasteiger partial charge on any atom is -0.486 e. The summed E-state index contributed by atoms with van der Waals surface area (Å²) in [7, 11) is 0. The first-order valence-corrected chi connectivity index (χ1v) is 7.15. The van der Waals surface area contributed by atoms with Crippen molar-refractivity contribution in [2.75, 3.05) is 13.2 Å². The van der Waals surface area contributed by atoms with Crippen LogP contribution in [-0.4, -0.2) is 47.5 Å². The lowest BCUT2D eigenvalue weighted by molar-refractivity contribution is -0.275. The second-order valence-electron chi connectivity index (χ2n) is 5.09. The highest BCUT2D eigenvalue weighted by molar-refractivity contribution is 5.99. The molecule has 1 fully saturated rings. The van der Waals surface area contributed by atoms with Crippen molar-refractivity contribution in [3.63, 3.8) is 0 Å². The molecule has 2 N–H and O–H groups in total. The molecule has 0 aromatic heterocycles. The highest BCUT2D eigenvalue weighted by Crippen LogP contribution is 2.34. The molecule has 1 unspecified atom stereocenters. The molecule has 2 rings (SSSR count). The average molecular weight is 360 g/mol. The lowest BCUT2D eigenvalue weighted by Gasteiger charge is -2.39. The van der Waals surface area contributed by atoms with Gasteiger partial charge in [0.05, 0.1) is 0 Å². The fourth-order valence-corrected chi connectivity index (χ4v) is 2.26. The Bertz CT molecular complexity index is 678. The zero-order valence-electron chi connectivity index (χ0n) is 12.9. The average Bonchev–Trinajstić information content (AvgIpc) is 2.50. The number of alkyl halides is 3. The van der Waals surface area contributed by atoms with Gasteiger partial charge in [-0.3, -0.25) is 14.8 Å². The maximum atomic E-state index is 12.6. The van der Waals surface area contributed by atoms with E-state index in [0.29, 0.717) is 6.42 Å². The summed E-state index contributed by atoms with van der Waals surface area (Å²) in [6.45, 7) is 3.58. The van der Waals surface area contributed by atoms with Crippen LogP contribution in [0.4, 0.5) is 13.2 Å². The summed E-state index contributed by atoms with van der Waals surface area (Å²) in [6, 6.07) is 2.44. The van der Waals surface area contributed by atoms with Gasteiger partial charge in [-0.25, -0.2) is 5.48 Å². The third kappa shape index (κ3) is 4.41. The Morgan fingerprint density at radius 1 is 1.40 bits per heavy atom. The fraction of sp³-hybridized carbons (Fsp3) is 0.333. The summed E-state index contributed by atoms with van der Waals surface area (Å²) in [5, 5.41) is 8.62. The number of benzene rings is 1. The van der Waals surface area contributed by atoms with Crippen molar-refractivity contribution >= 4 is 11.8 Å². The molecular formula is C15H15F3N2O5. The molecule has 0 saturated carbocycles. The van der Waals surface area contributed by atoms with Crippen molar-refractivity contribution in [1.82, 2.24) is 10.4 Å². The minimum atomic E-state index is -4.97. The van der Waals surface area contributed by atoms with Crippen LogP contribution in [0.3, 0.4) is 0 Å². The molecule has 0 radical (unpaired) electrons. The molecule has 1 saturated heterocycles. The number of nitrogens with zero attached hydrogens (tertiary/aromatic N) is 1. The van der Waals surface area contributed by atoms with Gasteiger partial charge in [0, 0.05) is 12.1 Å². The number of amides is 2. The molecule has 1 heterocycles. The van der Waals surface area contributed by atoms with Gasteiger partial charge in [0.25, 0.3) is 11.8 Å². The number of hydrogen-bond donors (Lipinski definition) is 2. The van der Waals surface area contributed by atoms with Crippen LogP contribution in [-0.2, 0) is 4.79 Å². The van der Waals surface area contributed by atoms with Crippen molar-refractivity contribution in [3.05, 3.63) is 36.4 Å². The summed E-state index contributed by atoms with van der Waals surface area (Å²) >= 11 is 0. The summed E-state index contributed by atoms with van der Waals surface area (Å²) in [5.74, 6) is -2.31. The normalized spacial score (nSPS) is 16.6. The highest BCUT2D eigenvalue weighted by atomic mass is 19.4. The van der Waals surface area contributed by atoms with E-state index in [1.807, 2.05) is 0 Å². The van der Waals surface area contributed by atoms with E-state index in [4.69, 9.17) is 9.94 Å². The molecule has 10 heteroatoms. The molecule has 1 aromatic carbocycles. The lowest BCUT2D eigenvalue weighted by Crippen LogP contribution is -2.57. The predicted molar refractivity (Wildman–Crippen MR) is 78.2 cm³/mol. The summed E-state index contributed by atoms with van der Waals surface area (Å²) in [6.07, 6.45) is -3.29. The van der Waals surface area contributed by atoms with Gasteiger partial charge in [-0.2, -0.15) is 0 Å². The number of hydrogen-bond acceptors (Lipinski definition) is 5. The van der Waals surface area contributed by atoms with Crippen LogP contribution in [0.2, 0.25) is 0 Å². The molecule has 1 aliphatic rings. The van der Waals surface area contributed by atoms with Crippen LogP contribution in [0.1, 0.15) is 16.8 Å². The second-order valence-corrected chi connectivity index (χ2v) is 5.09. The van der Waals surface area contributed by atoms with Crippen molar-refractivity contribution in [1.29, 1.82) is 0 Å². The van der Waals surface area contributed by atoms with Crippen molar-refractivity contribution in [3.8, 4) is 11.5 Å². The smallest absolute Gasteiger partial charge is 0.486 e. The monoisotopic (exact) mass is 360 g/mol. The molecule has 0 spiro atoms. The fourth-order valence-electron chi connectivity index (χ4n) is 2.26. The topological polar surface area (TPSA) is 88.1 Å². The second kappa shape index (κ2) is 7.43. The van der Waals surface area contributed by atoms with Crippen LogP contribution >= 0.6 is 0 Å². The van der Waals surface area contributed by atoms with E-state index < -0.39 is 30.0 Å². The van der Waals surface area contributed by atoms with Crippen LogP contribution in [0.15, 0.2) is 30.9 Å². The predicted octanol–water partition coefficient (Wildman–Crippen LogP) is 1.87. The zero-order chi connectivity index (χ0) is 18.6. The SMILES string of the molecule is C=CCOc1ccc(C(=O)N2CCC2C(=O)NO)cc1OC(F)(F)F. The largest absolute Gasteiger partial charge is 0.573 e. The van der Waals surface area contributed by atoms with E-state index in [2.05, 4.69) is 11.3 Å². The van der Waals surface area contributed by atoms with Crippen LogP contribution in [0.25, 0.3) is 0 Å². The van der Waals surface area contributed by atoms with Crippen LogP contribution in [0.5, 0.6) is 11.5 Å². The molecule has 0 aliphatic carbocycles. The molecule has 1 atom stereocenters. The number of hydroxylamine groups is 1. The molecule has 1 aromatic rings. The van der Waals surface area contributed by atoms with Crippen LogP contribution in [0, 0.1) is 0 Å². The van der Waals surface area contributed by atoms with Crippen molar-refractivity contribution < 1.29 is 37.4 Å². The number of carbonyl (C=O) groups excluding carboxylic acids is 2. The molecular weight excluding hydrogens is 345 g/mol. The molecule has 25 heavy (non-hydrogen) atoms. The maximum absolute atomic E-state index is 12.6. The number of carbonyl (C=O) groups is 2. The Balaban J connectivity index is 2.26. The number of rotatable bonds is 6. The van der Waals surface area contributed by atoms with Gasteiger partial charge in [-0.05, 0) is 24.6 Å². The first-order chi connectivity index (χ1) is 11.8.